The molecule has 0 saturated heterocycles. The van der Waals surface area contributed by atoms with Crippen LogP contribution in [0.2, 0.25) is 0 Å². The average Bonchev–Trinajstić information content (AvgIpc) is 2.80. The topological polar surface area (TPSA) is 96.0 Å². The number of nitrogens with one attached hydrogen (secondary N) is 1. The lowest BCUT2D eigenvalue weighted by Gasteiger charge is -2.33. The van der Waals surface area contributed by atoms with Crippen molar-refractivity contribution < 1.29 is 22.7 Å². The summed E-state index contributed by atoms with van der Waals surface area (Å²) in [6.45, 7) is 6.05. The molecule has 0 radical (unpaired) electrons. The van der Waals surface area contributed by atoms with Crippen molar-refractivity contribution in [3.05, 3.63) is 60.2 Å². The fourth-order valence-electron chi connectivity index (χ4n) is 3.50. The summed E-state index contributed by atoms with van der Waals surface area (Å²) in [6, 6.07) is 15.1. The van der Waals surface area contributed by atoms with Crippen LogP contribution in [0.25, 0.3) is 0 Å². The van der Waals surface area contributed by atoms with E-state index in [0.717, 1.165) is 16.1 Å². The van der Waals surface area contributed by atoms with Gasteiger partial charge in [0.25, 0.3) is 0 Å². The highest BCUT2D eigenvalue weighted by molar-refractivity contribution is 7.92. The molecule has 0 saturated carbocycles. The molecule has 0 fully saturated rings. The SMILES string of the molecule is CC[C@@H](C(=O)NCC(C)C)N(Cc1ccccc1)C(=O)CN(c1cccc(OC)c1)S(C)(=O)=O. The lowest BCUT2D eigenvalue weighted by molar-refractivity contribution is -0.140. The molecule has 0 heterocycles. The monoisotopic (exact) mass is 489 g/mol. The van der Waals surface area contributed by atoms with E-state index in [-0.39, 0.29) is 18.4 Å². The summed E-state index contributed by atoms with van der Waals surface area (Å²) in [4.78, 5) is 28.0. The molecule has 0 bridgehead atoms. The maximum absolute atomic E-state index is 13.6. The van der Waals surface area contributed by atoms with E-state index in [1.54, 1.807) is 24.3 Å². The molecule has 0 unspecified atom stereocenters. The summed E-state index contributed by atoms with van der Waals surface area (Å²) < 4.78 is 31.5. The van der Waals surface area contributed by atoms with E-state index in [4.69, 9.17) is 4.74 Å². The van der Waals surface area contributed by atoms with Crippen molar-refractivity contribution >= 4 is 27.5 Å². The zero-order chi connectivity index (χ0) is 25.3. The predicted molar refractivity (Wildman–Crippen MR) is 134 cm³/mol. The number of methoxy groups -OCH3 is 1. The van der Waals surface area contributed by atoms with E-state index in [9.17, 15) is 18.0 Å². The van der Waals surface area contributed by atoms with Crippen molar-refractivity contribution in [3.8, 4) is 5.75 Å². The molecule has 2 aromatic rings. The van der Waals surface area contributed by atoms with Gasteiger partial charge in [-0.2, -0.15) is 0 Å². The van der Waals surface area contributed by atoms with Gasteiger partial charge in [-0.1, -0.05) is 57.2 Å². The first-order valence-electron chi connectivity index (χ1n) is 11.3. The number of rotatable bonds is 12. The van der Waals surface area contributed by atoms with Crippen LogP contribution in [-0.2, 0) is 26.2 Å². The van der Waals surface area contributed by atoms with E-state index in [0.29, 0.717) is 24.4 Å². The number of sulfonamides is 1. The van der Waals surface area contributed by atoms with Crippen LogP contribution in [0, 0.1) is 5.92 Å². The van der Waals surface area contributed by atoms with Gasteiger partial charge in [0.2, 0.25) is 21.8 Å². The molecular formula is C25H35N3O5S. The molecule has 2 rings (SSSR count). The smallest absolute Gasteiger partial charge is 0.244 e. The summed E-state index contributed by atoms with van der Waals surface area (Å²) in [5.41, 5.74) is 1.16. The Morgan fingerprint density at radius 1 is 1.06 bits per heavy atom. The van der Waals surface area contributed by atoms with Crippen LogP contribution in [0.3, 0.4) is 0 Å². The van der Waals surface area contributed by atoms with Crippen molar-refractivity contribution in [2.75, 3.05) is 30.8 Å². The summed E-state index contributed by atoms with van der Waals surface area (Å²) in [7, 11) is -2.30. The Morgan fingerprint density at radius 3 is 2.29 bits per heavy atom. The summed E-state index contributed by atoms with van der Waals surface area (Å²) in [6.07, 6.45) is 1.44. The van der Waals surface area contributed by atoms with Gasteiger partial charge in [-0.3, -0.25) is 13.9 Å². The molecule has 8 nitrogen and oxygen atoms in total. The first-order chi connectivity index (χ1) is 16.1. The van der Waals surface area contributed by atoms with Crippen molar-refractivity contribution in [3.63, 3.8) is 0 Å². The predicted octanol–water partition coefficient (Wildman–Crippen LogP) is 3.04. The van der Waals surface area contributed by atoms with Gasteiger partial charge in [-0.15, -0.1) is 0 Å². The standard InChI is InChI=1S/C25H35N3O5S/c1-6-23(25(30)26-16-19(2)3)27(17-20-11-8-7-9-12-20)24(29)18-28(34(5,31)32)21-13-10-14-22(15-21)33-4/h7-15,19,23H,6,16-18H2,1-5H3,(H,26,30)/t23-/m0/s1. The Balaban J connectivity index is 2.40. The molecule has 1 atom stereocenters. The highest BCUT2D eigenvalue weighted by atomic mass is 32.2. The number of anilines is 1. The van der Waals surface area contributed by atoms with E-state index < -0.39 is 28.5 Å². The lowest BCUT2D eigenvalue weighted by atomic mass is 10.1. The largest absolute Gasteiger partial charge is 0.497 e. The molecular weight excluding hydrogens is 454 g/mol. The Labute approximate surface area is 202 Å². The normalized spacial score (nSPS) is 12.2. The van der Waals surface area contributed by atoms with Gasteiger partial charge in [0.15, 0.2) is 0 Å². The third-order valence-corrected chi connectivity index (χ3v) is 6.43. The summed E-state index contributed by atoms with van der Waals surface area (Å²) >= 11 is 0. The van der Waals surface area contributed by atoms with Crippen LogP contribution >= 0.6 is 0 Å². The Hall–Kier alpha value is -3.07. The third kappa shape index (κ3) is 7.76. The van der Waals surface area contributed by atoms with Crippen molar-refractivity contribution in [1.29, 1.82) is 0 Å². The van der Waals surface area contributed by atoms with Crippen LogP contribution in [-0.4, -0.2) is 57.6 Å². The first-order valence-corrected chi connectivity index (χ1v) is 13.1. The van der Waals surface area contributed by atoms with E-state index in [2.05, 4.69) is 5.32 Å². The summed E-state index contributed by atoms with van der Waals surface area (Å²) in [5.74, 6) is 0.00386. The fraction of sp³-hybridized carbons (Fsp3) is 0.440. The first kappa shape index (κ1) is 27.2. The molecule has 0 spiro atoms. The second-order valence-electron chi connectivity index (χ2n) is 8.54. The van der Waals surface area contributed by atoms with E-state index in [1.165, 1.54) is 12.0 Å². The van der Waals surface area contributed by atoms with E-state index in [1.807, 2.05) is 51.1 Å². The molecule has 0 aliphatic heterocycles. The molecule has 186 valence electrons. The van der Waals surface area contributed by atoms with Crippen LogP contribution in [0.4, 0.5) is 5.69 Å². The van der Waals surface area contributed by atoms with Crippen molar-refractivity contribution in [1.82, 2.24) is 10.2 Å². The van der Waals surface area contributed by atoms with Gasteiger partial charge >= 0.3 is 0 Å². The van der Waals surface area contributed by atoms with Gasteiger partial charge in [0.05, 0.1) is 19.1 Å². The van der Waals surface area contributed by atoms with Crippen LogP contribution in [0.1, 0.15) is 32.8 Å². The lowest BCUT2D eigenvalue weighted by Crippen LogP contribution is -2.52. The highest BCUT2D eigenvalue weighted by Gasteiger charge is 2.31. The Morgan fingerprint density at radius 2 is 1.74 bits per heavy atom. The van der Waals surface area contributed by atoms with Crippen LogP contribution < -0.4 is 14.4 Å². The minimum absolute atomic E-state index is 0.184. The number of carbonyl (C=O) groups excluding carboxylic acids is 2. The second-order valence-corrected chi connectivity index (χ2v) is 10.4. The number of hydrogen-bond acceptors (Lipinski definition) is 5. The van der Waals surface area contributed by atoms with Crippen LogP contribution in [0.5, 0.6) is 5.75 Å². The number of hydrogen-bond donors (Lipinski definition) is 1. The van der Waals surface area contributed by atoms with Gasteiger partial charge in [0.1, 0.15) is 18.3 Å². The number of benzene rings is 2. The highest BCUT2D eigenvalue weighted by Crippen LogP contribution is 2.24. The van der Waals surface area contributed by atoms with Gasteiger partial charge in [-0.05, 0) is 30.0 Å². The maximum Gasteiger partial charge on any atom is 0.244 e. The van der Waals surface area contributed by atoms with Crippen LogP contribution in [0.15, 0.2) is 54.6 Å². The molecule has 0 aromatic heterocycles. The molecule has 1 N–H and O–H groups in total. The molecule has 0 aliphatic rings. The van der Waals surface area contributed by atoms with Gasteiger partial charge < -0.3 is 15.0 Å². The molecule has 0 aliphatic carbocycles. The molecule has 2 amide bonds. The Bertz CT molecular complexity index is 1060. The molecule has 2 aromatic carbocycles. The molecule has 34 heavy (non-hydrogen) atoms. The fourth-order valence-corrected chi connectivity index (χ4v) is 4.34. The quantitative estimate of drug-likeness (QED) is 0.494. The number of carbonyl (C=O) groups is 2. The van der Waals surface area contributed by atoms with Gasteiger partial charge in [0, 0.05) is 19.2 Å². The van der Waals surface area contributed by atoms with Crippen molar-refractivity contribution in [2.45, 2.75) is 39.8 Å². The molecule has 9 heteroatoms. The zero-order valence-electron chi connectivity index (χ0n) is 20.5. The van der Waals surface area contributed by atoms with Crippen molar-refractivity contribution in [2.24, 2.45) is 5.92 Å². The minimum Gasteiger partial charge on any atom is -0.497 e. The number of nitrogens with zero attached hydrogens (tertiary/aromatic N) is 2. The number of ether oxygens (including phenoxy) is 1. The second kappa shape index (κ2) is 12.4. The van der Waals surface area contributed by atoms with Gasteiger partial charge in [-0.25, -0.2) is 8.42 Å². The Kier molecular flexibility index (Phi) is 9.92. The zero-order valence-corrected chi connectivity index (χ0v) is 21.3. The van der Waals surface area contributed by atoms with E-state index >= 15 is 0 Å². The third-order valence-electron chi connectivity index (χ3n) is 5.29. The summed E-state index contributed by atoms with van der Waals surface area (Å²) in [5, 5.41) is 2.90. The average molecular weight is 490 g/mol. The number of amides is 2. The maximum atomic E-state index is 13.6. The minimum atomic E-state index is -3.79.